The fourth-order valence-electron chi connectivity index (χ4n) is 2.44. The highest BCUT2D eigenvalue weighted by Crippen LogP contribution is 2.37. The molecule has 0 bridgehead atoms. The molecule has 2 aliphatic heterocycles. The van der Waals surface area contributed by atoms with E-state index in [1.54, 1.807) is 12.1 Å². The molecule has 1 unspecified atom stereocenters. The number of carboxylic acids is 1. The molecule has 0 amide bonds. The van der Waals surface area contributed by atoms with Crippen molar-refractivity contribution in [1.82, 2.24) is 0 Å². The molecule has 2 aliphatic rings. The molecule has 0 radical (unpaired) electrons. The van der Waals surface area contributed by atoms with Crippen LogP contribution in [0.2, 0.25) is 0 Å². The van der Waals surface area contributed by atoms with Gasteiger partial charge < -0.3 is 19.3 Å². The zero-order valence-electron chi connectivity index (χ0n) is 10.5. The number of benzene rings is 1. The van der Waals surface area contributed by atoms with Crippen molar-refractivity contribution in [1.29, 1.82) is 0 Å². The molecular formula is C14H16O5. The lowest BCUT2D eigenvalue weighted by molar-refractivity contribution is -0.146. The van der Waals surface area contributed by atoms with E-state index in [4.69, 9.17) is 14.2 Å². The summed E-state index contributed by atoms with van der Waals surface area (Å²) in [5, 5.41) is 9.39. The normalized spacial score (nSPS) is 20.2. The van der Waals surface area contributed by atoms with Crippen LogP contribution in [0.1, 0.15) is 17.9 Å². The molecule has 0 spiro atoms. The lowest BCUT2D eigenvalue weighted by Crippen LogP contribution is -2.36. The van der Waals surface area contributed by atoms with Crippen molar-refractivity contribution in [2.24, 2.45) is 5.92 Å². The predicted molar refractivity (Wildman–Crippen MR) is 66.7 cm³/mol. The Labute approximate surface area is 111 Å². The maximum Gasteiger partial charge on any atom is 0.311 e. The SMILES string of the molecule is O=C(O)C(c1ccc2c(c1)OCCCO2)C1COC1. The number of ether oxygens (including phenoxy) is 3. The van der Waals surface area contributed by atoms with Crippen molar-refractivity contribution in [3.05, 3.63) is 23.8 Å². The van der Waals surface area contributed by atoms with Crippen LogP contribution in [0.4, 0.5) is 0 Å². The Morgan fingerprint density at radius 3 is 2.58 bits per heavy atom. The molecule has 1 aromatic rings. The van der Waals surface area contributed by atoms with E-state index < -0.39 is 11.9 Å². The summed E-state index contributed by atoms with van der Waals surface area (Å²) in [4.78, 5) is 11.4. The Hall–Kier alpha value is -1.75. The van der Waals surface area contributed by atoms with E-state index in [9.17, 15) is 9.90 Å². The van der Waals surface area contributed by atoms with Crippen LogP contribution in [0.15, 0.2) is 18.2 Å². The summed E-state index contributed by atoms with van der Waals surface area (Å²) < 4.78 is 16.2. The predicted octanol–water partition coefficient (Wildman–Crippen LogP) is 1.66. The number of carbonyl (C=O) groups is 1. The first-order valence-corrected chi connectivity index (χ1v) is 6.46. The van der Waals surface area contributed by atoms with Crippen molar-refractivity contribution in [2.75, 3.05) is 26.4 Å². The summed E-state index contributed by atoms with van der Waals surface area (Å²) in [5.41, 5.74) is 0.755. The van der Waals surface area contributed by atoms with E-state index in [2.05, 4.69) is 0 Å². The largest absolute Gasteiger partial charge is 0.490 e. The van der Waals surface area contributed by atoms with E-state index in [-0.39, 0.29) is 5.92 Å². The van der Waals surface area contributed by atoms with E-state index >= 15 is 0 Å². The second kappa shape index (κ2) is 5.09. The maximum atomic E-state index is 11.4. The van der Waals surface area contributed by atoms with Crippen LogP contribution in [0.25, 0.3) is 0 Å². The van der Waals surface area contributed by atoms with Gasteiger partial charge >= 0.3 is 5.97 Å². The van der Waals surface area contributed by atoms with Crippen LogP contribution in [-0.2, 0) is 9.53 Å². The zero-order valence-corrected chi connectivity index (χ0v) is 10.5. The average molecular weight is 264 g/mol. The molecule has 102 valence electrons. The van der Waals surface area contributed by atoms with E-state index in [0.717, 1.165) is 12.0 Å². The minimum Gasteiger partial charge on any atom is -0.490 e. The van der Waals surface area contributed by atoms with Gasteiger partial charge in [0.05, 0.1) is 32.3 Å². The molecule has 1 saturated heterocycles. The van der Waals surface area contributed by atoms with Crippen LogP contribution in [0.5, 0.6) is 11.5 Å². The topological polar surface area (TPSA) is 65.0 Å². The van der Waals surface area contributed by atoms with Gasteiger partial charge in [0.15, 0.2) is 11.5 Å². The molecule has 2 heterocycles. The Kier molecular flexibility index (Phi) is 3.29. The van der Waals surface area contributed by atoms with Crippen molar-refractivity contribution in [3.8, 4) is 11.5 Å². The molecule has 1 atom stereocenters. The second-order valence-corrected chi connectivity index (χ2v) is 4.87. The Morgan fingerprint density at radius 1 is 1.21 bits per heavy atom. The van der Waals surface area contributed by atoms with Crippen LogP contribution < -0.4 is 9.47 Å². The molecule has 1 fully saturated rings. The van der Waals surface area contributed by atoms with Gasteiger partial charge in [-0.2, -0.15) is 0 Å². The molecule has 0 aromatic heterocycles. The molecule has 1 aromatic carbocycles. The van der Waals surface area contributed by atoms with Crippen molar-refractivity contribution < 1.29 is 24.1 Å². The third-order valence-electron chi connectivity index (χ3n) is 3.53. The van der Waals surface area contributed by atoms with E-state index in [0.29, 0.717) is 37.9 Å². The van der Waals surface area contributed by atoms with Crippen LogP contribution in [-0.4, -0.2) is 37.5 Å². The van der Waals surface area contributed by atoms with E-state index in [1.165, 1.54) is 0 Å². The van der Waals surface area contributed by atoms with Gasteiger partial charge in [0, 0.05) is 12.3 Å². The van der Waals surface area contributed by atoms with Crippen LogP contribution in [0.3, 0.4) is 0 Å². The Morgan fingerprint density at radius 2 is 1.95 bits per heavy atom. The first kappa shape index (κ1) is 12.3. The minimum atomic E-state index is -0.817. The van der Waals surface area contributed by atoms with Gasteiger partial charge in [-0.3, -0.25) is 4.79 Å². The second-order valence-electron chi connectivity index (χ2n) is 4.87. The standard InChI is InChI=1S/C14H16O5/c15-14(16)13(10-7-17-8-10)9-2-3-11-12(6-9)19-5-1-4-18-11/h2-3,6,10,13H,1,4-5,7-8H2,(H,15,16). The lowest BCUT2D eigenvalue weighted by Gasteiger charge is -2.31. The van der Waals surface area contributed by atoms with Gasteiger partial charge in [0.1, 0.15) is 0 Å². The van der Waals surface area contributed by atoms with Crippen molar-refractivity contribution in [3.63, 3.8) is 0 Å². The highest BCUT2D eigenvalue weighted by atomic mass is 16.5. The molecule has 0 aliphatic carbocycles. The highest BCUT2D eigenvalue weighted by Gasteiger charge is 2.35. The molecule has 19 heavy (non-hydrogen) atoms. The molecule has 3 rings (SSSR count). The summed E-state index contributed by atoms with van der Waals surface area (Å²) >= 11 is 0. The summed E-state index contributed by atoms with van der Waals surface area (Å²) in [6, 6.07) is 5.40. The first-order valence-electron chi connectivity index (χ1n) is 6.46. The molecule has 5 nitrogen and oxygen atoms in total. The Balaban J connectivity index is 1.90. The van der Waals surface area contributed by atoms with Gasteiger partial charge in [-0.15, -0.1) is 0 Å². The zero-order chi connectivity index (χ0) is 13.2. The maximum absolute atomic E-state index is 11.4. The van der Waals surface area contributed by atoms with Gasteiger partial charge in [-0.1, -0.05) is 6.07 Å². The number of aliphatic carboxylic acids is 1. The van der Waals surface area contributed by atoms with Gasteiger partial charge in [-0.05, 0) is 17.7 Å². The quantitative estimate of drug-likeness (QED) is 0.899. The molecular weight excluding hydrogens is 248 g/mol. The van der Waals surface area contributed by atoms with Gasteiger partial charge in [0.25, 0.3) is 0 Å². The fourth-order valence-corrected chi connectivity index (χ4v) is 2.44. The number of fused-ring (bicyclic) bond motifs is 1. The third kappa shape index (κ3) is 2.38. The van der Waals surface area contributed by atoms with Gasteiger partial charge in [0.2, 0.25) is 0 Å². The fraction of sp³-hybridized carbons (Fsp3) is 0.500. The molecule has 0 saturated carbocycles. The smallest absolute Gasteiger partial charge is 0.311 e. The summed E-state index contributed by atoms with van der Waals surface area (Å²) in [6.45, 7) is 2.24. The lowest BCUT2D eigenvalue weighted by atomic mass is 9.84. The van der Waals surface area contributed by atoms with Crippen molar-refractivity contribution in [2.45, 2.75) is 12.3 Å². The summed E-state index contributed by atoms with van der Waals surface area (Å²) in [6.07, 6.45) is 0.836. The molecule has 5 heteroatoms. The first-order chi connectivity index (χ1) is 9.25. The monoisotopic (exact) mass is 264 g/mol. The minimum absolute atomic E-state index is 0.0437. The number of hydrogen-bond donors (Lipinski definition) is 1. The summed E-state index contributed by atoms with van der Waals surface area (Å²) in [7, 11) is 0. The third-order valence-corrected chi connectivity index (χ3v) is 3.53. The van der Waals surface area contributed by atoms with E-state index in [1.807, 2.05) is 6.07 Å². The van der Waals surface area contributed by atoms with Crippen molar-refractivity contribution >= 4 is 5.97 Å². The number of rotatable bonds is 3. The Bertz CT molecular complexity index is 481. The van der Waals surface area contributed by atoms with Crippen LogP contribution >= 0.6 is 0 Å². The van der Waals surface area contributed by atoms with Gasteiger partial charge in [-0.25, -0.2) is 0 Å². The number of carboxylic acid groups (broad SMARTS) is 1. The number of hydrogen-bond acceptors (Lipinski definition) is 4. The molecule has 1 N–H and O–H groups in total. The summed E-state index contributed by atoms with van der Waals surface area (Å²) in [5.74, 6) is 0.0210. The van der Waals surface area contributed by atoms with Crippen LogP contribution in [0, 0.1) is 5.92 Å². The average Bonchev–Trinajstić information content (AvgIpc) is 2.57. The highest BCUT2D eigenvalue weighted by molar-refractivity contribution is 5.77.